The minimum atomic E-state index is -3.89. The monoisotopic (exact) mass is 761 g/mol. The molecule has 2 aromatic rings. The van der Waals surface area contributed by atoms with Gasteiger partial charge in [-0.25, -0.2) is 13.2 Å². The van der Waals surface area contributed by atoms with Crippen LogP contribution in [0.25, 0.3) is 11.1 Å². The standard InChI is InChI=1S/C40H51N5O8S/c1-5-13-28-23-40(28,37(48)44-54(50,51)31-20-21-31)43-35(46)33-22-30(53-41-24-27-16-9-12-19-32(27)26-14-7-6-8-15-26)25-45(33)36(47)34(39(2,3)4)42-38(49)52-29-17-10-11-18-29/h5-9,12,14-16,19,24,28-31,33-34H,1,10-11,13,17-18,20-23,25H2,2-4H3,(H,42,49)(H,43,46)(H,44,48)/b41-24+/t28-,30-,33+,34-,40-/m1/s1. The average molecular weight is 762 g/mol. The van der Waals surface area contributed by atoms with Crippen LogP contribution >= 0.6 is 0 Å². The molecule has 0 spiro atoms. The van der Waals surface area contributed by atoms with E-state index in [9.17, 15) is 27.6 Å². The van der Waals surface area contributed by atoms with Crippen molar-refractivity contribution in [1.29, 1.82) is 0 Å². The van der Waals surface area contributed by atoms with Crippen molar-refractivity contribution in [2.24, 2.45) is 16.5 Å². The van der Waals surface area contributed by atoms with E-state index >= 15 is 0 Å². The molecule has 6 rings (SSSR count). The zero-order chi connectivity index (χ0) is 38.7. The van der Waals surface area contributed by atoms with E-state index in [1.165, 1.54) is 4.90 Å². The molecule has 4 fully saturated rings. The lowest BCUT2D eigenvalue weighted by Crippen LogP contribution is -2.60. The summed E-state index contributed by atoms with van der Waals surface area (Å²) in [6.45, 7) is 9.15. The van der Waals surface area contributed by atoms with Crippen LogP contribution in [0.3, 0.4) is 0 Å². The largest absolute Gasteiger partial charge is 0.446 e. The number of oxime groups is 1. The van der Waals surface area contributed by atoms with Crippen LogP contribution < -0.4 is 15.4 Å². The molecule has 0 bridgehead atoms. The highest BCUT2D eigenvalue weighted by Gasteiger charge is 2.62. The molecule has 3 saturated carbocycles. The van der Waals surface area contributed by atoms with E-state index in [4.69, 9.17) is 9.57 Å². The first-order valence-electron chi connectivity index (χ1n) is 18.8. The Balaban J connectivity index is 1.24. The van der Waals surface area contributed by atoms with Crippen molar-refractivity contribution in [3.63, 3.8) is 0 Å². The minimum Gasteiger partial charge on any atom is -0.446 e. The molecule has 1 saturated heterocycles. The lowest BCUT2D eigenvalue weighted by atomic mass is 9.85. The Morgan fingerprint density at radius 3 is 2.35 bits per heavy atom. The summed E-state index contributed by atoms with van der Waals surface area (Å²) in [4.78, 5) is 62.7. The summed E-state index contributed by atoms with van der Waals surface area (Å²) < 4.78 is 33.3. The number of amides is 4. The second kappa shape index (κ2) is 15.9. The van der Waals surface area contributed by atoms with Gasteiger partial charge in [0.15, 0.2) is 0 Å². The highest BCUT2D eigenvalue weighted by atomic mass is 32.2. The second-order valence-corrected chi connectivity index (χ2v) is 17.9. The number of nitrogens with zero attached hydrogens (tertiary/aromatic N) is 2. The van der Waals surface area contributed by atoms with Crippen LogP contribution in [0.5, 0.6) is 0 Å². The summed E-state index contributed by atoms with van der Waals surface area (Å²) in [5.74, 6) is -2.35. The quantitative estimate of drug-likeness (QED) is 0.140. The number of likely N-dealkylation sites (tertiary alicyclic amines) is 1. The maximum Gasteiger partial charge on any atom is 0.408 e. The topological polar surface area (TPSA) is 173 Å². The third kappa shape index (κ3) is 8.97. The van der Waals surface area contributed by atoms with Crippen LogP contribution in [0.15, 0.2) is 72.4 Å². The van der Waals surface area contributed by atoms with Crippen molar-refractivity contribution in [3.05, 3.63) is 72.8 Å². The average Bonchev–Trinajstić information content (AvgIpc) is 4.00. The van der Waals surface area contributed by atoms with Crippen LogP contribution in [-0.4, -0.2) is 85.0 Å². The number of benzene rings is 2. The fourth-order valence-corrected chi connectivity index (χ4v) is 8.81. The summed E-state index contributed by atoms with van der Waals surface area (Å²) in [7, 11) is -3.89. The van der Waals surface area contributed by atoms with E-state index < -0.39 is 68.2 Å². The summed E-state index contributed by atoms with van der Waals surface area (Å²) in [6, 6.07) is 15.3. The third-order valence-corrected chi connectivity index (χ3v) is 12.6. The van der Waals surface area contributed by atoms with Gasteiger partial charge in [0.05, 0.1) is 18.0 Å². The van der Waals surface area contributed by atoms with Crippen molar-refractivity contribution in [2.75, 3.05) is 6.54 Å². The molecule has 13 nitrogen and oxygen atoms in total. The van der Waals surface area contributed by atoms with Gasteiger partial charge < -0.3 is 25.1 Å². The number of alkyl carbamates (subject to hydrolysis) is 1. The van der Waals surface area contributed by atoms with Gasteiger partial charge in [0.2, 0.25) is 21.8 Å². The van der Waals surface area contributed by atoms with Crippen molar-refractivity contribution in [2.45, 2.75) is 114 Å². The third-order valence-electron chi connectivity index (χ3n) is 10.8. The van der Waals surface area contributed by atoms with E-state index in [0.29, 0.717) is 19.3 Å². The number of hydrogen-bond acceptors (Lipinski definition) is 9. The predicted molar refractivity (Wildman–Crippen MR) is 203 cm³/mol. The fraction of sp³-hybridized carbons (Fsp3) is 0.525. The maximum atomic E-state index is 14.5. The Morgan fingerprint density at radius 1 is 1.00 bits per heavy atom. The number of hydrogen-bond donors (Lipinski definition) is 3. The molecular formula is C40H51N5O8S. The number of rotatable bonds is 14. The molecule has 0 unspecified atom stereocenters. The van der Waals surface area contributed by atoms with Crippen molar-refractivity contribution in [1.82, 2.24) is 20.3 Å². The van der Waals surface area contributed by atoms with Gasteiger partial charge in [-0.05, 0) is 73.8 Å². The molecule has 5 atom stereocenters. The van der Waals surface area contributed by atoms with Crippen molar-refractivity contribution in [3.8, 4) is 11.1 Å². The van der Waals surface area contributed by atoms with Gasteiger partial charge in [-0.3, -0.25) is 19.1 Å². The lowest BCUT2D eigenvalue weighted by Gasteiger charge is -2.35. The van der Waals surface area contributed by atoms with E-state index in [0.717, 1.165) is 42.4 Å². The highest BCUT2D eigenvalue weighted by molar-refractivity contribution is 7.91. The number of carbonyl (C=O) groups excluding carboxylic acids is 4. The van der Waals surface area contributed by atoms with Gasteiger partial charge >= 0.3 is 6.09 Å². The first kappa shape index (κ1) is 39.0. The number of sulfonamides is 1. The molecule has 4 amide bonds. The number of carbonyl (C=O) groups is 4. The number of allylic oxidation sites excluding steroid dienone is 1. The molecular weight excluding hydrogens is 711 g/mol. The van der Waals surface area contributed by atoms with E-state index in [1.54, 1.807) is 12.3 Å². The Labute approximate surface area is 317 Å². The van der Waals surface area contributed by atoms with Crippen LogP contribution in [0.2, 0.25) is 0 Å². The zero-order valence-corrected chi connectivity index (χ0v) is 32.0. The second-order valence-electron chi connectivity index (χ2n) is 16.0. The molecule has 54 heavy (non-hydrogen) atoms. The maximum absolute atomic E-state index is 14.5. The number of nitrogens with one attached hydrogen (secondary N) is 3. The van der Waals surface area contributed by atoms with E-state index in [-0.39, 0.29) is 31.4 Å². The Hall–Kier alpha value is -4.72. The van der Waals surface area contributed by atoms with Gasteiger partial charge in [-0.15, -0.1) is 6.58 Å². The Bertz CT molecular complexity index is 1870. The highest BCUT2D eigenvalue weighted by Crippen LogP contribution is 2.47. The van der Waals surface area contributed by atoms with Crippen LogP contribution in [0.1, 0.15) is 84.1 Å². The number of ether oxygens (including phenoxy) is 1. The Kier molecular flexibility index (Phi) is 11.5. The van der Waals surface area contributed by atoms with Crippen LogP contribution in [0.4, 0.5) is 4.79 Å². The first-order valence-corrected chi connectivity index (χ1v) is 20.4. The molecule has 0 radical (unpaired) electrons. The van der Waals surface area contributed by atoms with E-state index in [2.05, 4.69) is 27.1 Å². The first-order chi connectivity index (χ1) is 25.7. The lowest BCUT2D eigenvalue weighted by molar-refractivity contribution is -0.143. The summed E-state index contributed by atoms with van der Waals surface area (Å²) in [5, 5.41) is 9.27. The van der Waals surface area contributed by atoms with Gasteiger partial charge in [0.25, 0.3) is 5.91 Å². The summed E-state index contributed by atoms with van der Waals surface area (Å²) in [6.07, 6.45) is 6.55. The molecule has 1 aliphatic heterocycles. The van der Waals surface area contributed by atoms with Crippen molar-refractivity contribution < 1.29 is 37.2 Å². The molecule has 0 aromatic heterocycles. The SMILES string of the molecule is C=CC[C@@H]1C[C@]1(NC(=O)[C@@H]1C[C@@H](O/N=C/c2ccccc2-c2ccccc2)CN1C(=O)[C@@H](NC(=O)OC1CCCC1)C(C)(C)C)C(=O)NS(=O)(=O)C1CC1. The molecule has 1 heterocycles. The minimum absolute atomic E-state index is 0.0306. The Morgan fingerprint density at radius 2 is 1.69 bits per heavy atom. The molecule has 4 aliphatic rings. The molecule has 3 aliphatic carbocycles. The van der Waals surface area contributed by atoms with Crippen LogP contribution in [-0.2, 0) is 34.0 Å². The van der Waals surface area contributed by atoms with Gasteiger partial charge in [-0.1, -0.05) is 86.6 Å². The predicted octanol–water partition coefficient (Wildman–Crippen LogP) is 4.82. The van der Waals surface area contributed by atoms with Gasteiger partial charge in [0, 0.05) is 12.0 Å². The van der Waals surface area contributed by atoms with E-state index in [1.807, 2.05) is 75.4 Å². The molecule has 290 valence electrons. The zero-order valence-electron chi connectivity index (χ0n) is 31.2. The smallest absolute Gasteiger partial charge is 0.408 e. The summed E-state index contributed by atoms with van der Waals surface area (Å²) in [5.41, 5.74) is 0.471. The molecule has 3 N–H and O–H groups in total. The van der Waals surface area contributed by atoms with Crippen LogP contribution in [0, 0.1) is 11.3 Å². The van der Waals surface area contributed by atoms with Crippen molar-refractivity contribution >= 4 is 40.1 Å². The molecule has 14 heteroatoms. The normalized spacial score (nSPS) is 24.8. The van der Waals surface area contributed by atoms with Gasteiger partial charge in [-0.2, -0.15) is 0 Å². The van der Waals surface area contributed by atoms with Gasteiger partial charge in [0.1, 0.15) is 29.8 Å². The molecule has 2 aromatic carbocycles. The fourth-order valence-electron chi connectivity index (χ4n) is 7.44. The summed E-state index contributed by atoms with van der Waals surface area (Å²) >= 11 is 0.